The zero-order chi connectivity index (χ0) is 13.1. The number of aryl methyl sites for hydroxylation is 1. The number of carbonyl (C=O) groups excluding carboxylic acids is 1. The highest BCUT2D eigenvalue weighted by molar-refractivity contribution is 5.92. The van der Waals surface area contributed by atoms with Crippen LogP contribution in [0.5, 0.6) is 0 Å². The van der Waals surface area contributed by atoms with Crippen LogP contribution in [0.1, 0.15) is 34.8 Å². The lowest BCUT2D eigenvalue weighted by Gasteiger charge is -2.13. The minimum atomic E-state index is -0.344. The van der Waals surface area contributed by atoms with Crippen LogP contribution in [0.3, 0.4) is 0 Å². The van der Waals surface area contributed by atoms with E-state index in [9.17, 15) is 9.18 Å². The van der Waals surface area contributed by atoms with Crippen LogP contribution in [0.15, 0.2) is 34.9 Å². The summed E-state index contributed by atoms with van der Waals surface area (Å²) in [7, 11) is 0. The highest BCUT2D eigenvalue weighted by atomic mass is 19.1. The smallest absolute Gasteiger partial charge is 0.273 e. The molecule has 94 valence electrons. The van der Waals surface area contributed by atoms with E-state index in [1.165, 1.54) is 12.1 Å². The van der Waals surface area contributed by atoms with Gasteiger partial charge in [0.1, 0.15) is 11.6 Å². The van der Waals surface area contributed by atoms with Crippen LogP contribution >= 0.6 is 0 Å². The standard InChI is InChI=1S/C13H13FN2O2/c1-8-6-12(16-18-8)13(17)15-9(2)10-4-3-5-11(14)7-10/h3-7,9H,1-2H3,(H,15,17)/t9-/m1/s1. The van der Waals surface area contributed by atoms with E-state index in [1.54, 1.807) is 32.0 Å². The Labute approximate surface area is 104 Å². The molecule has 0 aliphatic rings. The molecule has 0 radical (unpaired) electrons. The van der Waals surface area contributed by atoms with Crippen LogP contribution in [0.4, 0.5) is 4.39 Å². The molecule has 0 saturated heterocycles. The highest BCUT2D eigenvalue weighted by Gasteiger charge is 2.14. The predicted octanol–water partition coefficient (Wildman–Crippen LogP) is 2.61. The Hall–Kier alpha value is -2.17. The minimum Gasteiger partial charge on any atom is -0.361 e. The lowest BCUT2D eigenvalue weighted by atomic mass is 10.1. The van der Waals surface area contributed by atoms with Gasteiger partial charge in [0.05, 0.1) is 6.04 Å². The summed E-state index contributed by atoms with van der Waals surface area (Å²) < 4.78 is 17.9. The molecule has 0 fully saturated rings. The van der Waals surface area contributed by atoms with Crippen LogP contribution in [0, 0.1) is 12.7 Å². The first-order valence-corrected chi connectivity index (χ1v) is 5.56. The summed E-state index contributed by atoms with van der Waals surface area (Å²) in [5, 5.41) is 6.34. The van der Waals surface area contributed by atoms with Gasteiger partial charge in [-0.05, 0) is 31.5 Å². The Balaban J connectivity index is 2.07. The number of hydrogen-bond donors (Lipinski definition) is 1. The largest absolute Gasteiger partial charge is 0.361 e. The molecule has 1 heterocycles. The van der Waals surface area contributed by atoms with Crippen molar-refractivity contribution in [2.75, 3.05) is 0 Å². The molecule has 1 N–H and O–H groups in total. The third-order valence-electron chi connectivity index (χ3n) is 2.56. The fraction of sp³-hybridized carbons (Fsp3) is 0.231. The minimum absolute atomic E-state index is 0.218. The summed E-state index contributed by atoms with van der Waals surface area (Å²) in [6, 6.07) is 7.35. The third-order valence-corrected chi connectivity index (χ3v) is 2.56. The van der Waals surface area contributed by atoms with E-state index in [1.807, 2.05) is 0 Å². The van der Waals surface area contributed by atoms with Gasteiger partial charge in [-0.15, -0.1) is 0 Å². The summed E-state index contributed by atoms with van der Waals surface area (Å²) >= 11 is 0. The number of rotatable bonds is 3. The Kier molecular flexibility index (Phi) is 3.41. The van der Waals surface area contributed by atoms with E-state index in [0.29, 0.717) is 11.3 Å². The second-order valence-corrected chi connectivity index (χ2v) is 4.07. The van der Waals surface area contributed by atoms with Crippen LogP contribution < -0.4 is 5.32 Å². The number of aromatic nitrogens is 1. The third kappa shape index (κ3) is 2.74. The Morgan fingerprint density at radius 2 is 2.22 bits per heavy atom. The Morgan fingerprint density at radius 1 is 1.44 bits per heavy atom. The number of benzene rings is 1. The summed E-state index contributed by atoms with van der Waals surface area (Å²) in [5.74, 6) is -0.104. The number of carbonyl (C=O) groups is 1. The molecule has 1 atom stereocenters. The number of amides is 1. The van der Waals surface area contributed by atoms with Crippen molar-refractivity contribution in [3.8, 4) is 0 Å². The van der Waals surface area contributed by atoms with E-state index in [0.717, 1.165) is 0 Å². The van der Waals surface area contributed by atoms with Crippen molar-refractivity contribution in [3.05, 3.63) is 53.2 Å². The Bertz CT molecular complexity index is 566. The predicted molar refractivity (Wildman–Crippen MR) is 63.5 cm³/mol. The van der Waals surface area contributed by atoms with E-state index in [2.05, 4.69) is 10.5 Å². The summed E-state index contributed by atoms with van der Waals surface area (Å²) in [6.07, 6.45) is 0. The number of hydrogen-bond acceptors (Lipinski definition) is 3. The molecule has 1 amide bonds. The molecule has 0 bridgehead atoms. The van der Waals surface area contributed by atoms with Crippen molar-refractivity contribution < 1.29 is 13.7 Å². The topological polar surface area (TPSA) is 55.1 Å². The average molecular weight is 248 g/mol. The van der Waals surface area contributed by atoms with Crippen molar-refractivity contribution in [2.45, 2.75) is 19.9 Å². The lowest BCUT2D eigenvalue weighted by Crippen LogP contribution is -2.26. The second-order valence-electron chi connectivity index (χ2n) is 4.07. The second kappa shape index (κ2) is 5.00. The van der Waals surface area contributed by atoms with Crippen molar-refractivity contribution in [1.82, 2.24) is 10.5 Å². The summed E-state index contributed by atoms with van der Waals surface area (Å²) in [5.41, 5.74) is 0.916. The monoisotopic (exact) mass is 248 g/mol. The fourth-order valence-corrected chi connectivity index (χ4v) is 1.60. The van der Waals surface area contributed by atoms with Gasteiger partial charge in [-0.1, -0.05) is 17.3 Å². The molecular formula is C13H13FN2O2. The molecule has 5 heteroatoms. The van der Waals surface area contributed by atoms with Crippen molar-refractivity contribution >= 4 is 5.91 Å². The van der Waals surface area contributed by atoms with Gasteiger partial charge in [0.2, 0.25) is 0 Å². The molecule has 0 saturated carbocycles. The average Bonchev–Trinajstić information content (AvgIpc) is 2.76. The van der Waals surface area contributed by atoms with Crippen LogP contribution in [-0.2, 0) is 0 Å². The van der Waals surface area contributed by atoms with Gasteiger partial charge in [0, 0.05) is 6.07 Å². The number of nitrogens with zero attached hydrogens (tertiary/aromatic N) is 1. The SMILES string of the molecule is Cc1cc(C(=O)N[C@H](C)c2cccc(F)c2)no1. The van der Waals surface area contributed by atoms with Crippen LogP contribution in [0.25, 0.3) is 0 Å². The zero-order valence-electron chi connectivity index (χ0n) is 10.1. The van der Waals surface area contributed by atoms with Gasteiger partial charge in [0.25, 0.3) is 5.91 Å². The normalized spacial score (nSPS) is 12.2. The molecular weight excluding hydrogens is 235 g/mol. The molecule has 2 aromatic rings. The first-order valence-electron chi connectivity index (χ1n) is 5.56. The molecule has 1 aromatic heterocycles. The maximum Gasteiger partial charge on any atom is 0.273 e. The molecule has 0 unspecified atom stereocenters. The molecule has 0 aliphatic heterocycles. The fourth-order valence-electron chi connectivity index (χ4n) is 1.60. The van der Waals surface area contributed by atoms with Gasteiger partial charge < -0.3 is 9.84 Å². The van der Waals surface area contributed by atoms with Gasteiger partial charge in [0.15, 0.2) is 5.69 Å². The Morgan fingerprint density at radius 3 is 2.83 bits per heavy atom. The van der Waals surface area contributed by atoms with Gasteiger partial charge in [-0.25, -0.2) is 4.39 Å². The van der Waals surface area contributed by atoms with Crippen LogP contribution in [-0.4, -0.2) is 11.1 Å². The quantitative estimate of drug-likeness (QED) is 0.908. The van der Waals surface area contributed by atoms with Gasteiger partial charge >= 0.3 is 0 Å². The number of halogens is 1. The molecule has 1 aromatic carbocycles. The summed E-state index contributed by atoms with van der Waals surface area (Å²) in [4.78, 5) is 11.8. The maximum absolute atomic E-state index is 13.1. The number of nitrogens with one attached hydrogen (secondary N) is 1. The van der Waals surface area contributed by atoms with E-state index < -0.39 is 0 Å². The first kappa shape index (κ1) is 12.3. The van der Waals surface area contributed by atoms with Crippen LogP contribution in [0.2, 0.25) is 0 Å². The molecule has 0 aliphatic carbocycles. The van der Waals surface area contributed by atoms with Crippen molar-refractivity contribution in [3.63, 3.8) is 0 Å². The molecule has 2 rings (SSSR count). The van der Waals surface area contributed by atoms with Crippen molar-refractivity contribution in [1.29, 1.82) is 0 Å². The van der Waals surface area contributed by atoms with Gasteiger partial charge in [-0.3, -0.25) is 4.79 Å². The molecule has 18 heavy (non-hydrogen) atoms. The van der Waals surface area contributed by atoms with Gasteiger partial charge in [-0.2, -0.15) is 0 Å². The molecule has 0 spiro atoms. The molecule has 4 nitrogen and oxygen atoms in total. The van der Waals surface area contributed by atoms with E-state index >= 15 is 0 Å². The first-order chi connectivity index (χ1) is 8.56. The van der Waals surface area contributed by atoms with Crippen molar-refractivity contribution in [2.24, 2.45) is 0 Å². The summed E-state index contributed by atoms with van der Waals surface area (Å²) in [6.45, 7) is 3.49. The maximum atomic E-state index is 13.1. The van der Waals surface area contributed by atoms with E-state index in [-0.39, 0.29) is 23.5 Å². The zero-order valence-corrected chi connectivity index (χ0v) is 10.1. The lowest BCUT2D eigenvalue weighted by molar-refractivity contribution is 0.0930. The van der Waals surface area contributed by atoms with E-state index in [4.69, 9.17) is 4.52 Å². The highest BCUT2D eigenvalue weighted by Crippen LogP contribution is 2.14.